The summed E-state index contributed by atoms with van der Waals surface area (Å²) in [6, 6.07) is 39.6. The number of benzene rings is 6. The van der Waals surface area contributed by atoms with E-state index in [-0.39, 0.29) is 0 Å². The molecule has 1 aliphatic heterocycles. The van der Waals surface area contributed by atoms with E-state index in [1.165, 1.54) is 21.5 Å². The van der Waals surface area contributed by atoms with Crippen LogP contribution in [0.3, 0.4) is 0 Å². The number of aliphatic hydroxyl groups is 2. The largest absolute Gasteiger partial charge is 0.376 e. The van der Waals surface area contributed by atoms with Crippen molar-refractivity contribution in [1.29, 1.82) is 0 Å². The number of hydrogen-bond donors (Lipinski definition) is 2. The molecule has 0 radical (unpaired) electrons. The lowest BCUT2D eigenvalue weighted by molar-refractivity contribution is 0.0742. The van der Waals surface area contributed by atoms with E-state index in [1.54, 1.807) is 6.08 Å². The molecule has 8 rings (SSSR count). The van der Waals surface area contributed by atoms with Crippen molar-refractivity contribution < 1.29 is 10.2 Å². The number of terminal acetylenes is 1. The van der Waals surface area contributed by atoms with Gasteiger partial charge in [0.05, 0.1) is 0 Å². The maximum absolute atomic E-state index is 13.7. The molecule has 2 N–H and O–H groups in total. The van der Waals surface area contributed by atoms with Gasteiger partial charge in [-0.3, -0.25) is 0 Å². The lowest BCUT2D eigenvalue weighted by Crippen LogP contribution is -2.50. The average Bonchev–Trinajstić information content (AvgIpc) is 3.33. The Morgan fingerprint density at radius 2 is 1.21 bits per heavy atom. The Labute approximate surface area is 277 Å². The van der Waals surface area contributed by atoms with Crippen molar-refractivity contribution in [3.8, 4) is 23.5 Å². The fourth-order valence-electron chi connectivity index (χ4n) is 8.40. The van der Waals surface area contributed by atoms with Crippen LogP contribution in [-0.2, 0) is 11.2 Å². The topological polar surface area (TPSA) is 40.5 Å². The molecule has 0 bridgehead atoms. The zero-order valence-electron chi connectivity index (χ0n) is 27.1. The van der Waals surface area contributed by atoms with Gasteiger partial charge in [0.1, 0.15) is 19.3 Å². The molecule has 3 heteroatoms. The van der Waals surface area contributed by atoms with Crippen LogP contribution in [-0.4, -0.2) is 18.3 Å². The van der Waals surface area contributed by atoms with E-state index in [1.807, 2.05) is 49.4 Å². The van der Waals surface area contributed by atoms with E-state index < -0.39 is 19.3 Å². The quantitative estimate of drug-likeness (QED) is 0.154. The zero-order chi connectivity index (χ0) is 32.7. The number of fused-ring (bicyclic) bond motifs is 7. The number of allylic oxidation sites excluding steroid dienone is 1. The van der Waals surface area contributed by atoms with Crippen LogP contribution < -0.4 is 10.4 Å². The van der Waals surface area contributed by atoms with Crippen LogP contribution in [0, 0.1) is 19.3 Å². The first kappa shape index (κ1) is 29.4. The van der Waals surface area contributed by atoms with Crippen LogP contribution in [0.5, 0.6) is 0 Å². The molecule has 0 saturated heterocycles. The van der Waals surface area contributed by atoms with Crippen LogP contribution in [0.1, 0.15) is 34.7 Å². The van der Waals surface area contributed by atoms with E-state index in [4.69, 9.17) is 6.42 Å². The first-order valence-corrected chi connectivity index (χ1v) is 19.2. The van der Waals surface area contributed by atoms with Gasteiger partial charge in [-0.05, 0) is 115 Å². The average molecular weight is 625 g/mol. The van der Waals surface area contributed by atoms with E-state index in [0.29, 0.717) is 16.7 Å². The van der Waals surface area contributed by atoms with Gasteiger partial charge in [0.15, 0.2) is 0 Å². The summed E-state index contributed by atoms with van der Waals surface area (Å²) in [7, 11) is -2.15. The number of aryl methyl sites for hydroxylation is 1. The summed E-state index contributed by atoms with van der Waals surface area (Å²) in [5, 5.41) is 34.0. The van der Waals surface area contributed by atoms with Gasteiger partial charge >= 0.3 is 0 Å². The Hall–Kier alpha value is -4.98. The first-order chi connectivity index (χ1) is 22.6. The highest BCUT2D eigenvalue weighted by molar-refractivity contribution is 7.04. The molecular formula is C44H36O2Si. The fourth-order valence-corrected chi connectivity index (χ4v) is 11.5. The predicted molar refractivity (Wildman–Crippen MR) is 198 cm³/mol. The van der Waals surface area contributed by atoms with Gasteiger partial charge in [-0.1, -0.05) is 122 Å². The standard InChI is InChI=1S/C44H36O2Si/c1-6-7-18-36-29(3)43(45,34-22-20-30-14-8-10-16-32(30)26-34)42-37(44(36,46)35-23-21-31-15-9-11-17-33(31)27-35)24-25-39-41(42)40-28(2)13-12-19-38(40)47(39,4)5/h1,7-27,45-46H,2-5H3. The molecule has 0 fully saturated rings. The normalized spacial score (nSPS) is 21.1. The molecule has 1 aliphatic carbocycles. The van der Waals surface area contributed by atoms with Crippen LogP contribution in [0.25, 0.3) is 32.7 Å². The van der Waals surface area contributed by atoms with Crippen molar-refractivity contribution in [2.45, 2.75) is 38.1 Å². The molecule has 0 aromatic heterocycles. The molecule has 228 valence electrons. The molecule has 6 aromatic rings. The number of hydrogen-bond acceptors (Lipinski definition) is 2. The summed E-state index contributed by atoms with van der Waals surface area (Å²) >= 11 is 0. The highest BCUT2D eigenvalue weighted by Crippen LogP contribution is 2.56. The molecule has 0 spiro atoms. The SMILES string of the molecule is C#CC=CC1=C(C)C(O)(c2ccc3ccccc3c2)c2c(ccc3c2-c2c(C)cccc2[Si]3(C)C)C1(O)c1ccc2ccccc2c1. The summed E-state index contributed by atoms with van der Waals surface area (Å²) in [6.07, 6.45) is 9.24. The van der Waals surface area contributed by atoms with Crippen molar-refractivity contribution in [2.75, 3.05) is 0 Å². The van der Waals surface area contributed by atoms with Crippen molar-refractivity contribution in [3.63, 3.8) is 0 Å². The Kier molecular flexibility index (Phi) is 6.42. The van der Waals surface area contributed by atoms with Crippen molar-refractivity contribution in [2.24, 2.45) is 0 Å². The van der Waals surface area contributed by atoms with Gasteiger partial charge < -0.3 is 10.2 Å². The Morgan fingerprint density at radius 1 is 0.638 bits per heavy atom. The molecular weight excluding hydrogens is 589 g/mol. The van der Waals surface area contributed by atoms with Gasteiger partial charge in [0, 0.05) is 5.56 Å². The summed E-state index contributed by atoms with van der Waals surface area (Å²) in [6.45, 7) is 8.90. The molecule has 47 heavy (non-hydrogen) atoms. The fraction of sp³-hybridized carbons (Fsp3) is 0.136. The maximum Gasteiger partial charge on any atom is 0.141 e. The molecule has 1 heterocycles. The summed E-state index contributed by atoms with van der Waals surface area (Å²) in [5.74, 6) is 2.64. The van der Waals surface area contributed by atoms with Crippen LogP contribution in [0.4, 0.5) is 0 Å². The maximum atomic E-state index is 13.7. The van der Waals surface area contributed by atoms with Gasteiger partial charge in [-0.15, -0.1) is 6.42 Å². The minimum Gasteiger partial charge on any atom is -0.376 e. The summed E-state index contributed by atoms with van der Waals surface area (Å²) < 4.78 is 0. The molecule has 0 amide bonds. The lowest BCUT2D eigenvalue weighted by Gasteiger charge is -2.46. The Balaban J connectivity index is 1.57. The first-order valence-electron chi connectivity index (χ1n) is 16.2. The van der Waals surface area contributed by atoms with Gasteiger partial charge in [0.25, 0.3) is 0 Å². The molecule has 2 aliphatic rings. The molecule has 0 saturated carbocycles. The monoisotopic (exact) mass is 624 g/mol. The second kappa shape index (κ2) is 10.3. The van der Waals surface area contributed by atoms with Crippen LogP contribution in [0.15, 0.2) is 139 Å². The lowest BCUT2D eigenvalue weighted by atomic mass is 9.62. The second-order valence-electron chi connectivity index (χ2n) is 13.6. The van der Waals surface area contributed by atoms with Crippen molar-refractivity contribution >= 4 is 40.0 Å². The minimum atomic E-state index is -2.15. The minimum absolute atomic E-state index is 0.577. The third kappa shape index (κ3) is 3.93. The second-order valence-corrected chi connectivity index (χ2v) is 17.9. The van der Waals surface area contributed by atoms with E-state index in [0.717, 1.165) is 43.8 Å². The van der Waals surface area contributed by atoms with Crippen LogP contribution in [0.2, 0.25) is 13.1 Å². The highest BCUT2D eigenvalue weighted by atomic mass is 28.3. The zero-order valence-corrected chi connectivity index (χ0v) is 28.1. The predicted octanol–water partition coefficient (Wildman–Crippen LogP) is 8.10. The van der Waals surface area contributed by atoms with E-state index in [2.05, 4.69) is 105 Å². The van der Waals surface area contributed by atoms with Crippen molar-refractivity contribution in [1.82, 2.24) is 0 Å². The third-order valence-corrected chi connectivity index (χ3v) is 14.4. The molecule has 2 unspecified atom stereocenters. The summed E-state index contributed by atoms with van der Waals surface area (Å²) in [5.41, 5.74) is 4.41. The smallest absolute Gasteiger partial charge is 0.141 e. The van der Waals surface area contributed by atoms with E-state index in [9.17, 15) is 10.2 Å². The summed E-state index contributed by atoms with van der Waals surface area (Å²) in [4.78, 5) is 0. The Bertz CT molecular complexity index is 2410. The van der Waals surface area contributed by atoms with E-state index >= 15 is 0 Å². The molecule has 2 nitrogen and oxygen atoms in total. The van der Waals surface area contributed by atoms with Crippen molar-refractivity contribution in [3.05, 3.63) is 166 Å². The van der Waals surface area contributed by atoms with Gasteiger partial charge in [-0.2, -0.15) is 0 Å². The molecule has 2 atom stereocenters. The van der Waals surface area contributed by atoms with Gasteiger partial charge in [-0.25, -0.2) is 0 Å². The highest BCUT2D eigenvalue weighted by Gasteiger charge is 2.54. The number of rotatable bonds is 3. The molecule has 6 aromatic carbocycles. The Morgan fingerprint density at radius 3 is 1.83 bits per heavy atom. The third-order valence-electron chi connectivity index (χ3n) is 10.8. The van der Waals surface area contributed by atoms with Gasteiger partial charge in [0.2, 0.25) is 0 Å². The van der Waals surface area contributed by atoms with Crippen LogP contribution >= 0.6 is 0 Å².